The van der Waals surface area contributed by atoms with Gasteiger partial charge in [-0.1, -0.05) is 12.1 Å². The SMILES string of the molecule is COc1ccc(-n2nc(-c3ccccc3F)cc2C(=O)N2CCCC2)cc1. The summed E-state index contributed by atoms with van der Waals surface area (Å²) in [5.74, 6) is 0.267. The standard InChI is InChI=1S/C21H20FN3O2/c1-27-16-10-8-15(9-11-16)25-20(21(26)24-12-4-5-13-24)14-19(23-25)17-6-2-3-7-18(17)22/h2-3,6-11,14H,4-5,12-13H2,1H3. The third-order valence-electron chi connectivity index (χ3n) is 4.79. The molecule has 1 fully saturated rings. The van der Waals surface area contributed by atoms with Crippen LogP contribution >= 0.6 is 0 Å². The second-order valence-electron chi connectivity index (χ2n) is 6.50. The number of hydrogen-bond donors (Lipinski definition) is 0. The first-order chi connectivity index (χ1) is 13.2. The van der Waals surface area contributed by atoms with Gasteiger partial charge in [-0.2, -0.15) is 5.10 Å². The molecule has 4 rings (SSSR count). The predicted octanol–water partition coefficient (Wildman–Crippen LogP) is 3.92. The van der Waals surface area contributed by atoms with Crippen molar-refractivity contribution in [1.29, 1.82) is 0 Å². The van der Waals surface area contributed by atoms with Crippen molar-refractivity contribution in [2.75, 3.05) is 20.2 Å². The lowest BCUT2D eigenvalue weighted by atomic mass is 10.1. The van der Waals surface area contributed by atoms with Gasteiger partial charge in [-0.3, -0.25) is 4.79 Å². The number of carbonyl (C=O) groups excluding carboxylic acids is 1. The summed E-state index contributed by atoms with van der Waals surface area (Å²) in [4.78, 5) is 14.9. The molecule has 0 atom stereocenters. The quantitative estimate of drug-likeness (QED) is 0.704. The summed E-state index contributed by atoms with van der Waals surface area (Å²) in [6.45, 7) is 1.48. The lowest BCUT2D eigenvalue weighted by molar-refractivity contribution is 0.0784. The van der Waals surface area contributed by atoms with Crippen LogP contribution in [0.1, 0.15) is 23.3 Å². The number of hydrogen-bond acceptors (Lipinski definition) is 3. The highest BCUT2D eigenvalue weighted by Crippen LogP contribution is 2.26. The summed E-state index contributed by atoms with van der Waals surface area (Å²) in [7, 11) is 1.60. The number of likely N-dealkylation sites (tertiary alicyclic amines) is 1. The van der Waals surface area contributed by atoms with Crippen LogP contribution in [0.4, 0.5) is 4.39 Å². The van der Waals surface area contributed by atoms with Gasteiger partial charge >= 0.3 is 0 Å². The summed E-state index contributed by atoms with van der Waals surface area (Å²) in [5, 5.41) is 4.55. The minimum Gasteiger partial charge on any atom is -0.497 e. The van der Waals surface area contributed by atoms with E-state index in [1.165, 1.54) is 6.07 Å². The highest BCUT2D eigenvalue weighted by Gasteiger charge is 2.25. The predicted molar refractivity (Wildman–Crippen MR) is 101 cm³/mol. The molecule has 2 aromatic carbocycles. The van der Waals surface area contributed by atoms with Crippen molar-refractivity contribution in [3.63, 3.8) is 0 Å². The molecule has 0 spiro atoms. The van der Waals surface area contributed by atoms with Crippen molar-refractivity contribution < 1.29 is 13.9 Å². The summed E-state index contributed by atoms with van der Waals surface area (Å²) in [6, 6.07) is 15.4. The van der Waals surface area contributed by atoms with Crippen molar-refractivity contribution in [2.45, 2.75) is 12.8 Å². The van der Waals surface area contributed by atoms with E-state index in [-0.39, 0.29) is 11.7 Å². The van der Waals surface area contributed by atoms with Crippen molar-refractivity contribution in [3.8, 4) is 22.7 Å². The second kappa shape index (κ2) is 7.23. The number of carbonyl (C=O) groups is 1. The van der Waals surface area contributed by atoms with Crippen LogP contribution in [0.15, 0.2) is 54.6 Å². The molecule has 0 N–H and O–H groups in total. The molecular formula is C21H20FN3O2. The van der Waals surface area contributed by atoms with Gasteiger partial charge in [-0.15, -0.1) is 0 Å². The summed E-state index contributed by atoms with van der Waals surface area (Å²) in [6.07, 6.45) is 2.01. The molecule has 1 aromatic heterocycles. The van der Waals surface area contributed by atoms with Gasteiger partial charge < -0.3 is 9.64 Å². The minimum absolute atomic E-state index is 0.0848. The van der Waals surface area contributed by atoms with Gasteiger partial charge in [-0.25, -0.2) is 9.07 Å². The van der Waals surface area contributed by atoms with E-state index in [1.54, 1.807) is 36.1 Å². The molecule has 0 radical (unpaired) electrons. The maximum absolute atomic E-state index is 14.3. The third kappa shape index (κ3) is 3.30. The number of aromatic nitrogens is 2. The molecule has 0 bridgehead atoms. The van der Waals surface area contributed by atoms with Gasteiger partial charge in [0.1, 0.15) is 17.3 Å². The van der Waals surface area contributed by atoms with Gasteiger partial charge in [-0.05, 0) is 55.3 Å². The Morgan fingerprint density at radius 3 is 2.44 bits per heavy atom. The highest BCUT2D eigenvalue weighted by atomic mass is 19.1. The normalized spacial score (nSPS) is 13.8. The fourth-order valence-electron chi connectivity index (χ4n) is 3.34. The zero-order valence-electron chi connectivity index (χ0n) is 15.1. The minimum atomic E-state index is -0.364. The van der Waals surface area contributed by atoms with E-state index in [0.29, 0.717) is 22.7 Å². The zero-order chi connectivity index (χ0) is 18.8. The van der Waals surface area contributed by atoms with Gasteiger partial charge in [0.25, 0.3) is 5.91 Å². The van der Waals surface area contributed by atoms with E-state index in [2.05, 4.69) is 5.10 Å². The number of halogens is 1. The number of ether oxygens (including phenoxy) is 1. The molecule has 5 nitrogen and oxygen atoms in total. The van der Waals surface area contributed by atoms with E-state index in [9.17, 15) is 9.18 Å². The fourth-order valence-corrected chi connectivity index (χ4v) is 3.34. The Morgan fingerprint density at radius 2 is 1.78 bits per heavy atom. The van der Waals surface area contributed by atoms with E-state index >= 15 is 0 Å². The van der Waals surface area contributed by atoms with Crippen LogP contribution in [0.5, 0.6) is 5.75 Å². The van der Waals surface area contributed by atoms with Crippen LogP contribution in [0, 0.1) is 5.82 Å². The van der Waals surface area contributed by atoms with Gasteiger partial charge in [0, 0.05) is 18.7 Å². The van der Waals surface area contributed by atoms with Crippen molar-refractivity contribution in [2.24, 2.45) is 0 Å². The van der Waals surface area contributed by atoms with Crippen LogP contribution in [-0.2, 0) is 0 Å². The van der Waals surface area contributed by atoms with Crippen LogP contribution in [-0.4, -0.2) is 40.8 Å². The smallest absolute Gasteiger partial charge is 0.272 e. The average Bonchev–Trinajstić information content (AvgIpc) is 3.38. The number of amides is 1. The molecule has 27 heavy (non-hydrogen) atoms. The number of methoxy groups -OCH3 is 1. The zero-order valence-corrected chi connectivity index (χ0v) is 15.1. The van der Waals surface area contributed by atoms with Gasteiger partial charge in [0.2, 0.25) is 0 Å². The van der Waals surface area contributed by atoms with Crippen molar-refractivity contribution in [3.05, 3.63) is 66.1 Å². The molecule has 1 saturated heterocycles. The molecule has 0 unspecified atom stereocenters. The Balaban J connectivity index is 1.81. The third-order valence-corrected chi connectivity index (χ3v) is 4.79. The summed E-state index contributed by atoms with van der Waals surface area (Å²) < 4.78 is 21.0. The molecular weight excluding hydrogens is 345 g/mol. The molecule has 0 saturated carbocycles. The monoisotopic (exact) mass is 365 g/mol. The van der Waals surface area contributed by atoms with E-state index in [0.717, 1.165) is 31.6 Å². The van der Waals surface area contributed by atoms with E-state index in [4.69, 9.17) is 4.74 Å². The largest absolute Gasteiger partial charge is 0.497 e. The maximum Gasteiger partial charge on any atom is 0.272 e. The Kier molecular flexibility index (Phi) is 4.62. The van der Waals surface area contributed by atoms with Crippen LogP contribution in [0.3, 0.4) is 0 Å². The maximum atomic E-state index is 14.3. The Morgan fingerprint density at radius 1 is 1.07 bits per heavy atom. The molecule has 1 aliphatic heterocycles. The molecule has 1 aliphatic rings. The van der Waals surface area contributed by atoms with Crippen LogP contribution in [0.2, 0.25) is 0 Å². The lowest BCUT2D eigenvalue weighted by Crippen LogP contribution is -2.29. The van der Waals surface area contributed by atoms with Crippen LogP contribution < -0.4 is 4.74 Å². The van der Waals surface area contributed by atoms with Crippen molar-refractivity contribution in [1.82, 2.24) is 14.7 Å². The first-order valence-corrected chi connectivity index (χ1v) is 8.96. The number of nitrogens with zero attached hydrogens (tertiary/aromatic N) is 3. The van der Waals surface area contributed by atoms with Gasteiger partial charge in [0.15, 0.2) is 0 Å². The molecule has 2 heterocycles. The molecule has 6 heteroatoms. The molecule has 3 aromatic rings. The Hall–Kier alpha value is -3.15. The fraction of sp³-hybridized carbons (Fsp3) is 0.238. The molecule has 1 amide bonds. The van der Waals surface area contributed by atoms with E-state index < -0.39 is 0 Å². The summed E-state index contributed by atoms with van der Waals surface area (Å²) in [5.41, 5.74) is 1.97. The second-order valence-corrected chi connectivity index (χ2v) is 6.50. The number of benzene rings is 2. The topological polar surface area (TPSA) is 47.4 Å². The lowest BCUT2D eigenvalue weighted by Gasteiger charge is -2.16. The van der Waals surface area contributed by atoms with Crippen molar-refractivity contribution >= 4 is 5.91 Å². The van der Waals surface area contributed by atoms with Gasteiger partial charge in [0.05, 0.1) is 18.5 Å². The first-order valence-electron chi connectivity index (χ1n) is 8.96. The molecule has 138 valence electrons. The highest BCUT2D eigenvalue weighted by molar-refractivity contribution is 5.94. The van der Waals surface area contributed by atoms with Crippen LogP contribution in [0.25, 0.3) is 16.9 Å². The average molecular weight is 365 g/mol. The molecule has 0 aliphatic carbocycles. The Labute approximate surface area is 157 Å². The Bertz CT molecular complexity index is 960. The number of rotatable bonds is 4. The summed E-state index contributed by atoms with van der Waals surface area (Å²) >= 11 is 0. The van der Waals surface area contributed by atoms with E-state index in [1.807, 2.05) is 29.2 Å². The first kappa shape index (κ1) is 17.3.